The Morgan fingerprint density at radius 2 is 2.00 bits per heavy atom. The Kier molecular flexibility index (Phi) is 8.84. The molecule has 2 aromatic carbocycles. The van der Waals surface area contributed by atoms with Crippen LogP contribution in [0.25, 0.3) is 0 Å². The summed E-state index contributed by atoms with van der Waals surface area (Å²) in [5.74, 6) is -1.07. The standard InChI is InChI=1S/C18H20ClN3O5.ClH/c1-26-12-8-13(16(14(19)9-12)27-7-6-23)15(18(24)25)22-11-4-2-10(3-5-11)17(20)21;/h2-5,8-9,15,22-23H,6-7H2,1H3,(H3,20,21)(H,24,25);1H/p-1. The number of aliphatic hydroxyl groups excluding tert-OH is 1. The normalized spacial score (nSPS) is 11.1. The number of anilines is 1. The molecule has 2 rings (SSSR count). The minimum atomic E-state index is -1.41. The predicted octanol–water partition coefficient (Wildman–Crippen LogP) is 1.33. The van der Waals surface area contributed by atoms with E-state index >= 15 is 0 Å². The molecule has 0 aliphatic heterocycles. The lowest BCUT2D eigenvalue weighted by Gasteiger charge is -2.25. The van der Waals surface area contributed by atoms with Gasteiger partial charge in [0.05, 0.1) is 30.8 Å². The Morgan fingerprint density at radius 1 is 1.36 bits per heavy atom. The average Bonchev–Trinajstić information content (AvgIpc) is 2.64. The largest absolute Gasteiger partial charge is 0.548 e. The summed E-state index contributed by atoms with van der Waals surface area (Å²) in [6.45, 7) is -0.330. The molecule has 1 unspecified atom stereocenters. The molecule has 8 nitrogen and oxygen atoms in total. The number of carbonyl (C=O) groups is 1. The molecule has 28 heavy (non-hydrogen) atoms. The molecule has 0 aliphatic rings. The van der Waals surface area contributed by atoms with Gasteiger partial charge in [0.25, 0.3) is 0 Å². The molecular weight excluding hydrogens is 409 g/mol. The van der Waals surface area contributed by atoms with Crippen molar-refractivity contribution in [3.05, 3.63) is 52.5 Å². The smallest absolute Gasteiger partial charge is 0.143 e. The van der Waals surface area contributed by atoms with Crippen molar-refractivity contribution in [1.82, 2.24) is 0 Å². The highest BCUT2D eigenvalue weighted by Crippen LogP contribution is 2.38. The second-order valence-electron chi connectivity index (χ2n) is 5.49. The Labute approximate surface area is 173 Å². The van der Waals surface area contributed by atoms with Gasteiger partial charge < -0.3 is 35.5 Å². The van der Waals surface area contributed by atoms with Crippen LogP contribution in [0.1, 0.15) is 17.2 Å². The van der Waals surface area contributed by atoms with E-state index in [2.05, 4.69) is 5.32 Å². The molecular formula is C18H20Cl2N3O5-. The average molecular weight is 429 g/mol. The van der Waals surface area contributed by atoms with E-state index in [0.717, 1.165) is 0 Å². The summed E-state index contributed by atoms with van der Waals surface area (Å²) < 4.78 is 10.6. The molecule has 152 valence electrons. The van der Waals surface area contributed by atoms with E-state index in [1.54, 1.807) is 24.3 Å². The van der Waals surface area contributed by atoms with Crippen molar-refractivity contribution in [2.75, 3.05) is 25.6 Å². The molecule has 0 spiro atoms. The van der Waals surface area contributed by atoms with Crippen LogP contribution in [0.15, 0.2) is 36.4 Å². The number of carboxylic acid groups (broad SMARTS) is 1. The summed E-state index contributed by atoms with van der Waals surface area (Å²) in [5, 5.41) is 31.2. The minimum Gasteiger partial charge on any atom is -0.548 e. The van der Waals surface area contributed by atoms with E-state index in [4.69, 9.17) is 37.3 Å². The third kappa shape index (κ3) is 5.66. The molecule has 0 aromatic heterocycles. The van der Waals surface area contributed by atoms with Crippen molar-refractivity contribution >= 4 is 41.5 Å². The van der Waals surface area contributed by atoms with Crippen LogP contribution >= 0.6 is 24.0 Å². The number of amidine groups is 1. The molecule has 0 aliphatic carbocycles. The molecule has 0 saturated carbocycles. The number of nitrogens with two attached hydrogens (primary N) is 1. The summed E-state index contributed by atoms with van der Waals surface area (Å²) in [5.41, 5.74) is 6.56. The maximum atomic E-state index is 11.8. The third-order valence-corrected chi connectivity index (χ3v) is 3.95. The molecule has 5 N–H and O–H groups in total. The zero-order chi connectivity index (χ0) is 20.0. The first-order chi connectivity index (χ1) is 12.9. The second kappa shape index (κ2) is 10.6. The van der Waals surface area contributed by atoms with Crippen molar-refractivity contribution < 1.29 is 24.5 Å². The first-order valence-electron chi connectivity index (χ1n) is 7.90. The van der Waals surface area contributed by atoms with Crippen LogP contribution in [0, 0.1) is 5.41 Å². The number of hydrogen-bond acceptors (Lipinski definition) is 7. The van der Waals surface area contributed by atoms with Crippen LogP contribution in [0.5, 0.6) is 11.5 Å². The highest BCUT2D eigenvalue weighted by atomic mass is 35.5. The first kappa shape index (κ1) is 23.4. The monoisotopic (exact) mass is 428 g/mol. The first-order valence-corrected chi connectivity index (χ1v) is 8.28. The number of carboxylic acids is 1. The van der Waals surface area contributed by atoms with E-state index in [9.17, 15) is 9.90 Å². The van der Waals surface area contributed by atoms with Gasteiger partial charge in [-0.15, -0.1) is 12.4 Å². The number of aliphatic hydroxyl groups is 1. The number of halogens is 2. The third-order valence-electron chi connectivity index (χ3n) is 3.67. The fourth-order valence-electron chi connectivity index (χ4n) is 2.40. The summed E-state index contributed by atoms with van der Waals surface area (Å²) >= 11 is 6.19. The number of carbonyl (C=O) groups excluding carboxylic acids is 1. The van der Waals surface area contributed by atoms with Gasteiger partial charge in [-0.2, -0.15) is 0 Å². The Hall–Kier alpha value is -2.68. The van der Waals surface area contributed by atoms with Gasteiger partial charge >= 0.3 is 0 Å². The molecule has 10 heteroatoms. The number of hydrogen-bond donors (Lipinski definition) is 4. The number of nitrogens with one attached hydrogen (secondary N) is 2. The maximum Gasteiger partial charge on any atom is 0.143 e. The summed E-state index contributed by atoms with van der Waals surface area (Å²) in [6.07, 6.45) is 0. The lowest BCUT2D eigenvalue weighted by atomic mass is 10.0. The van der Waals surface area contributed by atoms with Crippen LogP contribution in [0.3, 0.4) is 0 Å². The van der Waals surface area contributed by atoms with Crippen molar-refractivity contribution in [2.24, 2.45) is 5.73 Å². The lowest BCUT2D eigenvalue weighted by Crippen LogP contribution is -2.34. The van der Waals surface area contributed by atoms with Crippen molar-refractivity contribution in [3.63, 3.8) is 0 Å². The highest BCUT2D eigenvalue weighted by molar-refractivity contribution is 6.32. The number of methoxy groups -OCH3 is 1. The minimum absolute atomic E-state index is 0. The number of ether oxygens (including phenoxy) is 2. The van der Waals surface area contributed by atoms with Crippen molar-refractivity contribution in [2.45, 2.75) is 6.04 Å². The molecule has 2 aromatic rings. The highest BCUT2D eigenvalue weighted by Gasteiger charge is 2.22. The molecule has 0 amide bonds. The van der Waals surface area contributed by atoms with Crippen LogP contribution in [-0.2, 0) is 4.79 Å². The van der Waals surface area contributed by atoms with E-state index in [1.807, 2.05) is 0 Å². The lowest BCUT2D eigenvalue weighted by molar-refractivity contribution is -0.307. The molecule has 1 atom stereocenters. The SMILES string of the molecule is COc1cc(Cl)c(OCCO)c(C(Nc2ccc(C(=N)N)cc2)C(=O)[O-])c1.Cl. The quantitative estimate of drug-likeness (QED) is 0.348. The predicted molar refractivity (Wildman–Crippen MR) is 107 cm³/mol. The van der Waals surface area contributed by atoms with E-state index in [1.165, 1.54) is 19.2 Å². The van der Waals surface area contributed by atoms with Gasteiger partial charge in [-0.05, 0) is 30.3 Å². The summed E-state index contributed by atoms with van der Waals surface area (Å²) in [4.78, 5) is 11.8. The van der Waals surface area contributed by atoms with Gasteiger partial charge in [-0.1, -0.05) is 11.6 Å². The zero-order valence-corrected chi connectivity index (χ0v) is 16.5. The molecule has 0 radical (unpaired) electrons. The Morgan fingerprint density at radius 3 is 2.50 bits per heavy atom. The summed E-state index contributed by atoms with van der Waals surface area (Å²) in [7, 11) is 1.42. The van der Waals surface area contributed by atoms with E-state index < -0.39 is 12.0 Å². The van der Waals surface area contributed by atoms with Crippen LogP contribution in [0.4, 0.5) is 5.69 Å². The van der Waals surface area contributed by atoms with Gasteiger partial charge in [0, 0.05) is 22.9 Å². The molecule has 0 heterocycles. The number of aliphatic carboxylic acids is 1. The topological polar surface area (TPSA) is 141 Å². The van der Waals surface area contributed by atoms with Gasteiger partial charge in [0.2, 0.25) is 0 Å². The van der Waals surface area contributed by atoms with Gasteiger partial charge in [0.1, 0.15) is 23.9 Å². The van der Waals surface area contributed by atoms with Crippen molar-refractivity contribution in [1.29, 1.82) is 5.41 Å². The van der Waals surface area contributed by atoms with Gasteiger partial charge in [-0.25, -0.2) is 0 Å². The molecule has 0 fully saturated rings. The maximum absolute atomic E-state index is 11.8. The van der Waals surface area contributed by atoms with Gasteiger partial charge in [0.15, 0.2) is 0 Å². The Balaban J connectivity index is 0.00000392. The van der Waals surface area contributed by atoms with Gasteiger partial charge in [-0.3, -0.25) is 5.41 Å². The Bertz CT molecular complexity index is 831. The van der Waals surface area contributed by atoms with Crippen LogP contribution < -0.4 is 25.6 Å². The molecule has 0 bridgehead atoms. The summed E-state index contributed by atoms with van der Waals surface area (Å²) in [6, 6.07) is 7.97. The molecule has 0 saturated heterocycles. The van der Waals surface area contributed by atoms with Crippen molar-refractivity contribution in [3.8, 4) is 11.5 Å². The number of nitrogen functional groups attached to an aromatic ring is 1. The van der Waals surface area contributed by atoms with E-state index in [-0.39, 0.29) is 47.8 Å². The fraction of sp³-hybridized carbons (Fsp3) is 0.222. The van der Waals surface area contributed by atoms with Crippen LogP contribution in [0.2, 0.25) is 5.02 Å². The number of benzene rings is 2. The van der Waals surface area contributed by atoms with E-state index in [0.29, 0.717) is 17.0 Å². The van der Waals surface area contributed by atoms with Crippen LogP contribution in [-0.4, -0.2) is 37.2 Å². The second-order valence-corrected chi connectivity index (χ2v) is 5.89. The fourth-order valence-corrected chi connectivity index (χ4v) is 2.67. The zero-order valence-electron chi connectivity index (χ0n) is 14.9. The number of rotatable bonds is 9.